The fourth-order valence-electron chi connectivity index (χ4n) is 2.40. The summed E-state index contributed by atoms with van der Waals surface area (Å²) >= 11 is 0. The van der Waals surface area contributed by atoms with Crippen LogP contribution in [0.1, 0.15) is 38.2 Å². The summed E-state index contributed by atoms with van der Waals surface area (Å²) < 4.78 is 5.09. The fourth-order valence-corrected chi connectivity index (χ4v) is 2.40. The van der Waals surface area contributed by atoms with Crippen LogP contribution in [-0.4, -0.2) is 24.1 Å². The van der Waals surface area contributed by atoms with Crippen LogP contribution < -0.4 is 10.6 Å². The monoisotopic (exact) mass is 290 g/mol. The Bertz CT molecular complexity index is 470. The van der Waals surface area contributed by atoms with Crippen LogP contribution in [0.15, 0.2) is 30.3 Å². The van der Waals surface area contributed by atoms with Gasteiger partial charge in [-0.1, -0.05) is 43.2 Å². The van der Waals surface area contributed by atoms with Crippen molar-refractivity contribution in [1.29, 1.82) is 0 Å². The summed E-state index contributed by atoms with van der Waals surface area (Å²) in [6.07, 6.45) is 3.79. The van der Waals surface area contributed by atoms with Crippen LogP contribution in [-0.2, 0) is 16.1 Å². The van der Waals surface area contributed by atoms with Gasteiger partial charge in [0.1, 0.15) is 12.6 Å². The molecule has 2 amide bonds. The van der Waals surface area contributed by atoms with Crippen molar-refractivity contribution in [3.8, 4) is 0 Å². The third-order valence-corrected chi connectivity index (χ3v) is 3.64. The lowest BCUT2D eigenvalue weighted by molar-refractivity contribution is -0.123. The van der Waals surface area contributed by atoms with E-state index in [1.807, 2.05) is 30.3 Å². The molecule has 1 fully saturated rings. The van der Waals surface area contributed by atoms with Gasteiger partial charge in [0.2, 0.25) is 5.91 Å². The molecule has 114 valence electrons. The van der Waals surface area contributed by atoms with E-state index in [0.29, 0.717) is 0 Å². The zero-order chi connectivity index (χ0) is 15.1. The lowest BCUT2D eigenvalue weighted by Crippen LogP contribution is -2.47. The highest BCUT2D eigenvalue weighted by molar-refractivity contribution is 5.85. The van der Waals surface area contributed by atoms with Crippen LogP contribution >= 0.6 is 0 Å². The largest absolute Gasteiger partial charge is 0.445 e. The van der Waals surface area contributed by atoms with E-state index in [4.69, 9.17) is 4.74 Å². The van der Waals surface area contributed by atoms with E-state index in [0.717, 1.165) is 31.2 Å². The Morgan fingerprint density at radius 2 is 1.90 bits per heavy atom. The quantitative estimate of drug-likeness (QED) is 0.874. The Morgan fingerprint density at radius 3 is 2.57 bits per heavy atom. The standard InChI is InChI=1S/C16H22N2O3/c1-12(15(19)18-14-9-5-6-10-14)17-16(20)21-11-13-7-3-2-4-8-13/h2-4,7-8,12,14H,5-6,9-11H2,1H3,(H,17,20)(H,18,19)/t12-/m1/s1. The van der Waals surface area contributed by atoms with Crippen molar-refractivity contribution in [2.24, 2.45) is 0 Å². The van der Waals surface area contributed by atoms with Gasteiger partial charge in [0.25, 0.3) is 0 Å². The van der Waals surface area contributed by atoms with Crippen molar-refractivity contribution in [3.63, 3.8) is 0 Å². The van der Waals surface area contributed by atoms with Crippen LogP contribution in [0.5, 0.6) is 0 Å². The average Bonchev–Trinajstić information content (AvgIpc) is 2.99. The second-order valence-corrected chi connectivity index (χ2v) is 5.42. The first kappa shape index (κ1) is 15.4. The predicted octanol–water partition coefficient (Wildman–Crippen LogP) is 2.36. The summed E-state index contributed by atoms with van der Waals surface area (Å²) in [5, 5.41) is 5.50. The number of alkyl carbamates (subject to hydrolysis) is 1. The highest BCUT2D eigenvalue weighted by atomic mass is 16.5. The minimum atomic E-state index is -0.589. The van der Waals surface area contributed by atoms with Crippen LogP contribution in [0.4, 0.5) is 4.79 Å². The van der Waals surface area contributed by atoms with Gasteiger partial charge in [0.05, 0.1) is 0 Å². The molecule has 1 aromatic carbocycles. The average molecular weight is 290 g/mol. The molecular formula is C16H22N2O3. The summed E-state index contributed by atoms with van der Waals surface area (Å²) in [7, 11) is 0. The molecule has 0 spiro atoms. The van der Waals surface area contributed by atoms with Gasteiger partial charge in [-0.05, 0) is 25.3 Å². The van der Waals surface area contributed by atoms with E-state index in [2.05, 4.69) is 10.6 Å². The number of carbonyl (C=O) groups is 2. The molecule has 5 nitrogen and oxygen atoms in total. The van der Waals surface area contributed by atoms with Gasteiger partial charge in [0, 0.05) is 6.04 Å². The highest BCUT2D eigenvalue weighted by Gasteiger charge is 2.21. The zero-order valence-corrected chi connectivity index (χ0v) is 12.3. The maximum atomic E-state index is 11.9. The molecule has 2 N–H and O–H groups in total. The Kier molecular flexibility index (Phi) is 5.60. The molecule has 0 radical (unpaired) electrons. The van der Waals surface area contributed by atoms with E-state index in [1.165, 1.54) is 0 Å². The molecule has 0 heterocycles. The number of amides is 2. The summed E-state index contributed by atoms with van der Waals surface area (Å²) in [4.78, 5) is 23.6. The molecule has 0 bridgehead atoms. The molecule has 1 aliphatic rings. The van der Waals surface area contributed by atoms with E-state index < -0.39 is 12.1 Å². The Labute approximate surface area is 125 Å². The van der Waals surface area contributed by atoms with Crippen molar-refractivity contribution >= 4 is 12.0 Å². The van der Waals surface area contributed by atoms with Gasteiger partial charge < -0.3 is 15.4 Å². The molecule has 1 aromatic rings. The minimum Gasteiger partial charge on any atom is -0.445 e. The maximum absolute atomic E-state index is 11.9. The normalized spacial score (nSPS) is 16.2. The van der Waals surface area contributed by atoms with Crippen molar-refractivity contribution in [2.45, 2.75) is 51.3 Å². The predicted molar refractivity (Wildman–Crippen MR) is 79.6 cm³/mol. The molecule has 21 heavy (non-hydrogen) atoms. The number of carbonyl (C=O) groups excluding carboxylic acids is 2. The van der Waals surface area contributed by atoms with Crippen LogP contribution in [0, 0.1) is 0 Å². The number of benzene rings is 1. The molecule has 0 saturated heterocycles. The van der Waals surface area contributed by atoms with E-state index in [9.17, 15) is 9.59 Å². The lowest BCUT2D eigenvalue weighted by Gasteiger charge is -2.17. The summed E-state index contributed by atoms with van der Waals surface area (Å²) in [5.74, 6) is -0.154. The maximum Gasteiger partial charge on any atom is 0.408 e. The van der Waals surface area contributed by atoms with Crippen molar-refractivity contribution < 1.29 is 14.3 Å². The van der Waals surface area contributed by atoms with Gasteiger partial charge in [-0.25, -0.2) is 4.79 Å². The molecular weight excluding hydrogens is 268 g/mol. The first-order valence-electron chi connectivity index (χ1n) is 7.43. The van der Waals surface area contributed by atoms with Crippen molar-refractivity contribution in [2.75, 3.05) is 0 Å². The third-order valence-electron chi connectivity index (χ3n) is 3.64. The fraction of sp³-hybridized carbons (Fsp3) is 0.500. The molecule has 0 aliphatic heterocycles. The number of ether oxygens (including phenoxy) is 1. The third kappa shape index (κ3) is 5.10. The SMILES string of the molecule is C[C@@H](NC(=O)OCc1ccccc1)C(=O)NC1CCCC1. The summed E-state index contributed by atoms with van der Waals surface area (Å²) in [5.41, 5.74) is 0.913. The van der Waals surface area contributed by atoms with Crippen molar-refractivity contribution in [1.82, 2.24) is 10.6 Å². The second kappa shape index (κ2) is 7.67. The molecule has 5 heteroatoms. The molecule has 1 atom stereocenters. The van der Waals surface area contributed by atoms with Crippen molar-refractivity contribution in [3.05, 3.63) is 35.9 Å². The number of rotatable bonds is 5. The number of hydrogen-bond acceptors (Lipinski definition) is 3. The van der Waals surface area contributed by atoms with E-state index in [-0.39, 0.29) is 18.6 Å². The topological polar surface area (TPSA) is 67.4 Å². The Morgan fingerprint density at radius 1 is 1.24 bits per heavy atom. The molecule has 2 rings (SSSR count). The highest BCUT2D eigenvalue weighted by Crippen LogP contribution is 2.17. The van der Waals surface area contributed by atoms with E-state index in [1.54, 1.807) is 6.92 Å². The van der Waals surface area contributed by atoms with Gasteiger partial charge in [-0.2, -0.15) is 0 Å². The molecule has 1 aliphatic carbocycles. The molecule has 1 saturated carbocycles. The zero-order valence-electron chi connectivity index (χ0n) is 12.3. The number of hydrogen-bond donors (Lipinski definition) is 2. The van der Waals surface area contributed by atoms with Crippen LogP contribution in [0.25, 0.3) is 0 Å². The van der Waals surface area contributed by atoms with Gasteiger partial charge in [-0.3, -0.25) is 4.79 Å². The molecule has 0 aromatic heterocycles. The summed E-state index contributed by atoms with van der Waals surface area (Å²) in [6.45, 7) is 1.86. The van der Waals surface area contributed by atoms with Gasteiger partial charge in [0.15, 0.2) is 0 Å². The van der Waals surface area contributed by atoms with Crippen LogP contribution in [0.3, 0.4) is 0 Å². The second-order valence-electron chi connectivity index (χ2n) is 5.42. The van der Waals surface area contributed by atoms with Gasteiger partial charge >= 0.3 is 6.09 Å². The van der Waals surface area contributed by atoms with Gasteiger partial charge in [-0.15, -0.1) is 0 Å². The first-order chi connectivity index (χ1) is 10.1. The minimum absolute atomic E-state index is 0.154. The summed E-state index contributed by atoms with van der Waals surface area (Å²) in [6, 6.07) is 9.09. The number of nitrogens with one attached hydrogen (secondary N) is 2. The Hall–Kier alpha value is -2.04. The molecule has 0 unspecified atom stereocenters. The van der Waals surface area contributed by atoms with Crippen LogP contribution in [0.2, 0.25) is 0 Å². The Balaban J connectivity index is 1.69. The van der Waals surface area contributed by atoms with E-state index >= 15 is 0 Å². The first-order valence-corrected chi connectivity index (χ1v) is 7.43. The lowest BCUT2D eigenvalue weighted by atomic mass is 10.2. The smallest absolute Gasteiger partial charge is 0.408 e.